The minimum atomic E-state index is -0.354. The fraction of sp³-hybridized carbons (Fsp3) is 0.125. The molecule has 0 aliphatic rings. The van der Waals surface area contributed by atoms with E-state index in [0.717, 1.165) is 17.0 Å². The zero-order valence-electron chi connectivity index (χ0n) is 11.1. The van der Waals surface area contributed by atoms with Gasteiger partial charge in [0, 0.05) is 23.8 Å². The molecule has 0 saturated carbocycles. The maximum Gasteiger partial charge on any atom is 0.165 e. The maximum absolute atomic E-state index is 13.6. The summed E-state index contributed by atoms with van der Waals surface area (Å²) in [5.41, 5.74) is 3.05. The number of benzene rings is 1. The Morgan fingerprint density at radius 2 is 1.65 bits per heavy atom. The molecule has 2 N–H and O–H groups in total. The fourth-order valence-corrected chi connectivity index (χ4v) is 2.43. The summed E-state index contributed by atoms with van der Waals surface area (Å²) in [4.78, 5) is 6.44. The standard InChI is InChI=1S/C16H15FN2O/c1-20-15-10-11(6-7-12(15)17)16(13-4-2-8-18-13)14-5-3-9-19-14/h2-10,16,18-19H,1H3. The Morgan fingerprint density at radius 3 is 2.15 bits per heavy atom. The van der Waals surface area contributed by atoms with Crippen molar-refractivity contribution in [3.63, 3.8) is 0 Å². The molecule has 0 aliphatic heterocycles. The molecule has 2 aromatic heterocycles. The van der Waals surface area contributed by atoms with Gasteiger partial charge in [-0.25, -0.2) is 4.39 Å². The van der Waals surface area contributed by atoms with E-state index in [1.807, 2.05) is 36.7 Å². The third-order valence-corrected chi connectivity index (χ3v) is 3.37. The molecule has 20 heavy (non-hydrogen) atoms. The number of hydrogen-bond acceptors (Lipinski definition) is 1. The summed E-state index contributed by atoms with van der Waals surface area (Å²) >= 11 is 0. The molecule has 0 spiro atoms. The van der Waals surface area contributed by atoms with Gasteiger partial charge in [0.1, 0.15) is 0 Å². The van der Waals surface area contributed by atoms with Crippen LogP contribution in [-0.4, -0.2) is 17.1 Å². The Balaban J connectivity index is 2.11. The van der Waals surface area contributed by atoms with E-state index in [1.165, 1.54) is 13.2 Å². The first-order valence-electron chi connectivity index (χ1n) is 6.39. The van der Waals surface area contributed by atoms with E-state index in [0.29, 0.717) is 0 Å². The lowest BCUT2D eigenvalue weighted by molar-refractivity contribution is 0.386. The van der Waals surface area contributed by atoms with Gasteiger partial charge in [0.05, 0.1) is 13.0 Å². The summed E-state index contributed by atoms with van der Waals surface area (Å²) in [6.45, 7) is 0. The quantitative estimate of drug-likeness (QED) is 0.746. The monoisotopic (exact) mass is 270 g/mol. The van der Waals surface area contributed by atoms with Crippen LogP contribution in [-0.2, 0) is 0 Å². The number of hydrogen-bond donors (Lipinski definition) is 2. The predicted molar refractivity (Wildman–Crippen MR) is 75.5 cm³/mol. The van der Waals surface area contributed by atoms with E-state index in [2.05, 4.69) is 9.97 Å². The molecule has 0 bridgehead atoms. The van der Waals surface area contributed by atoms with Crippen molar-refractivity contribution >= 4 is 0 Å². The van der Waals surface area contributed by atoms with Crippen LogP contribution in [0.15, 0.2) is 54.9 Å². The molecule has 102 valence electrons. The summed E-state index contributed by atoms with van der Waals surface area (Å²) in [7, 11) is 1.47. The highest BCUT2D eigenvalue weighted by Crippen LogP contribution is 2.32. The van der Waals surface area contributed by atoms with Crippen LogP contribution >= 0.6 is 0 Å². The van der Waals surface area contributed by atoms with Gasteiger partial charge in [0.25, 0.3) is 0 Å². The second-order valence-electron chi connectivity index (χ2n) is 4.58. The van der Waals surface area contributed by atoms with Crippen molar-refractivity contribution in [2.75, 3.05) is 7.11 Å². The van der Waals surface area contributed by atoms with Crippen LogP contribution in [0.5, 0.6) is 5.75 Å². The summed E-state index contributed by atoms with van der Waals surface area (Å²) in [6, 6.07) is 12.9. The van der Waals surface area contributed by atoms with Gasteiger partial charge < -0.3 is 14.7 Å². The molecule has 0 saturated heterocycles. The Kier molecular flexibility index (Phi) is 3.29. The minimum absolute atomic E-state index is 0.00509. The van der Waals surface area contributed by atoms with E-state index >= 15 is 0 Å². The van der Waals surface area contributed by atoms with E-state index in [-0.39, 0.29) is 17.5 Å². The highest BCUT2D eigenvalue weighted by Gasteiger charge is 2.19. The number of rotatable bonds is 4. The highest BCUT2D eigenvalue weighted by molar-refractivity contribution is 5.41. The molecule has 3 nitrogen and oxygen atoms in total. The number of ether oxygens (including phenoxy) is 1. The molecular weight excluding hydrogens is 255 g/mol. The smallest absolute Gasteiger partial charge is 0.165 e. The number of H-pyrrole nitrogens is 2. The average molecular weight is 270 g/mol. The number of nitrogens with one attached hydrogen (secondary N) is 2. The summed E-state index contributed by atoms with van der Waals surface area (Å²) in [5.74, 6) is -0.104. The second-order valence-corrected chi connectivity index (χ2v) is 4.58. The number of aromatic nitrogens is 2. The molecule has 2 heterocycles. The van der Waals surface area contributed by atoms with Crippen LogP contribution < -0.4 is 4.74 Å². The first-order valence-corrected chi connectivity index (χ1v) is 6.39. The molecule has 0 atom stereocenters. The zero-order chi connectivity index (χ0) is 13.9. The molecule has 0 aliphatic carbocycles. The topological polar surface area (TPSA) is 40.8 Å². The molecule has 4 heteroatoms. The van der Waals surface area contributed by atoms with Gasteiger partial charge in [-0.2, -0.15) is 0 Å². The maximum atomic E-state index is 13.6. The van der Waals surface area contributed by atoms with E-state index in [4.69, 9.17) is 4.74 Å². The first kappa shape index (κ1) is 12.5. The largest absolute Gasteiger partial charge is 0.494 e. The number of halogens is 1. The van der Waals surface area contributed by atoms with Crippen molar-refractivity contribution in [3.05, 3.63) is 77.6 Å². The second kappa shape index (κ2) is 5.25. The highest BCUT2D eigenvalue weighted by atomic mass is 19.1. The van der Waals surface area contributed by atoms with Crippen molar-refractivity contribution in [1.29, 1.82) is 0 Å². The van der Waals surface area contributed by atoms with Gasteiger partial charge in [-0.3, -0.25) is 0 Å². The van der Waals surface area contributed by atoms with Crippen LogP contribution in [0.2, 0.25) is 0 Å². The summed E-state index contributed by atoms with van der Waals surface area (Å²) in [6.07, 6.45) is 3.76. The number of methoxy groups -OCH3 is 1. The normalized spacial score (nSPS) is 10.9. The molecule has 0 radical (unpaired) electrons. The molecule has 3 aromatic rings. The van der Waals surface area contributed by atoms with Crippen molar-refractivity contribution in [3.8, 4) is 5.75 Å². The summed E-state index contributed by atoms with van der Waals surface area (Å²) in [5, 5.41) is 0. The molecule has 1 aromatic carbocycles. The lowest BCUT2D eigenvalue weighted by atomic mass is 9.92. The lowest BCUT2D eigenvalue weighted by Gasteiger charge is -2.16. The Labute approximate surface area is 116 Å². The van der Waals surface area contributed by atoms with Crippen LogP contribution in [0, 0.1) is 5.82 Å². The van der Waals surface area contributed by atoms with Gasteiger partial charge in [-0.15, -0.1) is 0 Å². The van der Waals surface area contributed by atoms with Gasteiger partial charge in [0.2, 0.25) is 0 Å². The van der Waals surface area contributed by atoms with E-state index in [1.54, 1.807) is 12.1 Å². The molecule has 0 amide bonds. The fourth-order valence-electron chi connectivity index (χ4n) is 2.43. The van der Waals surface area contributed by atoms with Gasteiger partial charge in [-0.05, 0) is 42.0 Å². The predicted octanol–water partition coefficient (Wildman–Crippen LogP) is 3.67. The Bertz CT molecular complexity index is 640. The van der Waals surface area contributed by atoms with Crippen LogP contribution in [0.25, 0.3) is 0 Å². The molecular formula is C16H15FN2O. The lowest BCUT2D eigenvalue weighted by Crippen LogP contribution is -2.05. The third-order valence-electron chi connectivity index (χ3n) is 3.37. The Hall–Kier alpha value is -2.49. The van der Waals surface area contributed by atoms with E-state index < -0.39 is 0 Å². The van der Waals surface area contributed by atoms with Crippen LogP contribution in [0.1, 0.15) is 22.9 Å². The van der Waals surface area contributed by atoms with Crippen molar-refractivity contribution < 1.29 is 9.13 Å². The molecule has 3 rings (SSSR count). The average Bonchev–Trinajstić information content (AvgIpc) is 3.15. The van der Waals surface area contributed by atoms with Gasteiger partial charge in [0.15, 0.2) is 11.6 Å². The van der Waals surface area contributed by atoms with Crippen LogP contribution in [0.3, 0.4) is 0 Å². The Morgan fingerprint density at radius 1 is 1.00 bits per heavy atom. The summed E-state index contributed by atoms with van der Waals surface area (Å²) < 4.78 is 18.7. The zero-order valence-corrected chi connectivity index (χ0v) is 11.1. The van der Waals surface area contributed by atoms with E-state index in [9.17, 15) is 4.39 Å². The number of aromatic amines is 2. The van der Waals surface area contributed by atoms with Crippen molar-refractivity contribution in [2.45, 2.75) is 5.92 Å². The first-order chi connectivity index (χ1) is 9.79. The minimum Gasteiger partial charge on any atom is -0.494 e. The van der Waals surface area contributed by atoms with Crippen LogP contribution in [0.4, 0.5) is 4.39 Å². The third kappa shape index (κ3) is 2.20. The van der Waals surface area contributed by atoms with Gasteiger partial charge >= 0.3 is 0 Å². The van der Waals surface area contributed by atoms with Gasteiger partial charge in [-0.1, -0.05) is 6.07 Å². The van der Waals surface area contributed by atoms with Crippen molar-refractivity contribution in [1.82, 2.24) is 9.97 Å². The SMILES string of the molecule is COc1cc(C(c2ccc[nH]2)c2ccc[nH]2)ccc1F. The molecule has 0 fully saturated rings. The van der Waals surface area contributed by atoms with Crippen molar-refractivity contribution in [2.24, 2.45) is 0 Å². The molecule has 0 unspecified atom stereocenters.